The van der Waals surface area contributed by atoms with E-state index in [9.17, 15) is 4.79 Å². The minimum absolute atomic E-state index is 0.327. The van der Waals surface area contributed by atoms with Crippen LogP contribution in [0.2, 0.25) is 5.02 Å². The summed E-state index contributed by atoms with van der Waals surface area (Å²) in [7, 11) is 0. The van der Waals surface area contributed by atoms with Crippen molar-refractivity contribution in [1.82, 2.24) is 9.97 Å². The predicted molar refractivity (Wildman–Crippen MR) is 92.2 cm³/mol. The maximum absolute atomic E-state index is 12.0. The zero-order valence-corrected chi connectivity index (χ0v) is 13.9. The zero-order chi connectivity index (χ0) is 16.2. The van der Waals surface area contributed by atoms with E-state index in [-0.39, 0.29) is 0 Å². The van der Waals surface area contributed by atoms with E-state index in [1.807, 2.05) is 18.2 Å². The molecule has 0 unspecified atom stereocenters. The third kappa shape index (κ3) is 3.60. The fourth-order valence-electron chi connectivity index (χ4n) is 2.15. The number of pyridine rings is 2. The summed E-state index contributed by atoms with van der Waals surface area (Å²) in [6.07, 6.45) is 4.98. The van der Waals surface area contributed by atoms with Crippen LogP contribution in [0, 0.1) is 0 Å². The number of anilines is 1. The summed E-state index contributed by atoms with van der Waals surface area (Å²) in [4.78, 5) is 20.2. The van der Waals surface area contributed by atoms with E-state index in [0.717, 1.165) is 20.7 Å². The van der Waals surface area contributed by atoms with Gasteiger partial charge in [-0.25, -0.2) is 9.78 Å². The highest BCUT2D eigenvalue weighted by atomic mass is 35.5. The number of aromatic nitrogens is 2. The van der Waals surface area contributed by atoms with Gasteiger partial charge in [-0.05, 0) is 30.7 Å². The fourth-order valence-corrected chi connectivity index (χ4v) is 3.30. The van der Waals surface area contributed by atoms with Gasteiger partial charge >= 0.3 is 5.97 Å². The minimum Gasteiger partial charge on any atom is -0.461 e. The summed E-state index contributed by atoms with van der Waals surface area (Å²) in [5.41, 5.74) is 1.33. The van der Waals surface area contributed by atoms with Crippen LogP contribution < -0.4 is 5.32 Å². The van der Waals surface area contributed by atoms with Crippen LogP contribution >= 0.6 is 22.9 Å². The van der Waals surface area contributed by atoms with Crippen LogP contribution in [0.5, 0.6) is 0 Å². The molecule has 5 nitrogen and oxygen atoms in total. The van der Waals surface area contributed by atoms with Crippen molar-refractivity contribution >= 4 is 44.0 Å². The number of halogens is 1. The van der Waals surface area contributed by atoms with Gasteiger partial charge in [0.1, 0.15) is 0 Å². The van der Waals surface area contributed by atoms with Gasteiger partial charge in [-0.1, -0.05) is 11.6 Å². The monoisotopic (exact) mass is 347 g/mol. The molecule has 0 saturated heterocycles. The highest BCUT2D eigenvalue weighted by Gasteiger charge is 2.15. The molecule has 118 valence electrons. The lowest BCUT2D eigenvalue weighted by Gasteiger charge is -2.03. The van der Waals surface area contributed by atoms with Crippen molar-refractivity contribution in [2.45, 2.75) is 13.5 Å². The van der Waals surface area contributed by atoms with Crippen LogP contribution in [0.3, 0.4) is 0 Å². The summed E-state index contributed by atoms with van der Waals surface area (Å²) in [6, 6.07) is 5.66. The number of nitrogens with one attached hydrogen (secondary N) is 1. The molecule has 0 atom stereocenters. The molecule has 0 aliphatic rings. The van der Waals surface area contributed by atoms with Gasteiger partial charge in [0.25, 0.3) is 0 Å². The summed E-state index contributed by atoms with van der Waals surface area (Å²) in [6.45, 7) is 2.70. The van der Waals surface area contributed by atoms with Gasteiger partial charge in [-0.15, -0.1) is 11.3 Å². The number of thiophene rings is 1. The van der Waals surface area contributed by atoms with E-state index in [1.165, 1.54) is 0 Å². The zero-order valence-electron chi connectivity index (χ0n) is 12.4. The summed E-state index contributed by atoms with van der Waals surface area (Å²) in [5.74, 6) is -0.401. The molecule has 0 aliphatic carbocycles. The summed E-state index contributed by atoms with van der Waals surface area (Å²) < 4.78 is 6.03. The lowest BCUT2D eigenvalue weighted by atomic mass is 10.2. The highest BCUT2D eigenvalue weighted by molar-refractivity contribution is 7.22. The quantitative estimate of drug-likeness (QED) is 0.703. The van der Waals surface area contributed by atoms with Crippen molar-refractivity contribution in [2.75, 3.05) is 11.9 Å². The van der Waals surface area contributed by atoms with Crippen LogP contribution in [0.4, 0.5) is 5.00 Å². The summed E-state index contributed by atoms with van der Waals surface area (Å²) in [5, 5.41) is 5.66. The number of hydrogen-bond donors (Lipinski definition) is 1. The molecule has 3 aromatic heterocycles. The smallest absolute Gasteiger partial charge is 0.357 e. The van der Waals surface area contributed by atoms with Gasteiger partial charge in [0.15, 0.2) is 5.69 Å². The highest BCUT2D eigenvalue weighted by Crippen LogP contribution is 2.31. The number of carbonyl (C=O) groups excluding carboxylic acids is 1. The average Bonchev–Trinajstić information content (AvgIpc) is 2.96. The normalized spacial score (nSPS) is 10.7. The Morgan fingerprint density at radius 3 is 3.04 bits per heavy atom. The Labute approximate surface area is 142 Å². The number of nitrogens with zero attached hydrogens (tertiary/aromatic N) is 2. The first kappa shape index (κ1) is 15.7. The molecule has 0 radical (unpaired) electrons. The van der Waals surface area contributed by atoms with E-state index >= 15 is 0 Å². The number of hydrogen-bond acceptors (Lipinski definition) is 6. The summed E-state index contributed by atoms with van der Waals surface area (Å²) >= 11 is 7.49. The van der Waals surface area contributed by atoms with E-state index < -0.39 is 5.97 Å². The van der Waals surface area contributed by atoms with Crippen molar-refractivity contribution in [3.63, 3.8) is 0 Å². The molecule has 1 N–H and O–H groups in total. The van der Waals surface area contributed by atoms with Gasteiger partial charge in [-0.2, -0.15) is 0 Å². The van der Waals surface area contributed by atoms with Crippen LogP contribution in [0.25, 0.3) is 10.1 Å². The molecule has 7 heteroatoms. The topological polar surface area (TPSA) is 64.1 Å². The molecular weight excluding hydrogens is 334 g/mol. The van der Waals surface area contributed by atoms with E-state index in [0.29, 0.717) is 23.9 Å². The van der Waals surface area contributed by atoms with E-state index in [2.05, 4.69) is 15.3 Å². The third-order valence-electron chi connectivity index (χ3n) is 3.14. The third-order valence-corrected chi connectivity index (χ3v) is 4.41. The van der Waals surface area contributed by atoms with Gasteiger partial charge in [0.2, 0.25) is 0 Å². The fraction of sp³-hybridized carbons (Fsp3) is 0.188. The van der Waals surface area contributed by atoms with Crippen molar-refractivity contribution in [3.8, 4) is 0 Å². The molecule has 23 heavy (non-hydrogen) atoms. The number of ether oxygens (including phenoxy) is 1. The van der Waals surface area contributed by atoms with Crippen molar-refractivity contribution in [2.24, 2.45) is 0 Å². The van der Waals surface area contributed by atoms with Crippen molar-refractivity contribution in [3.05, 3.63) is 53.1 Å². The molecule has 0 amide bonds. The average molecular weight is 348 g/mol. The molecule has 0 bridgehead atoms. The SMILES string of the molecule is CCOC(=O)c1nccc2sc(NCc3cncc(Cl)c3)cc12. The Balaban J connectivity index is 1.82. The number of esters is 1. The Bertz CT molecular complexity index is 850. The molecule has 0 spiro atoms. The molecule has 3 aromatic rings. The second-order valence-corrected chi connectivity index (χ2v) is 6.29. The molecule has 0 saturated carbocycles. The maximum atomic E-state index is 12.0. The second kappa shape index (κ2) is 6.93. The number of fused-ring (bicyclic) bond motifs is 1. The van der Waals surface area contributed by atoms with Crippen LogP contribution in [-0.4, -0.2) is 22.5 Å². The van der Waals surface area contributed by atoms with E-state index in [1.54, 1.807) is 36.9 Å². The Morgan fingerprint density at radius 1 is 1.39 bits per heavy atom. The molecule has 0 aromatic carbocycles. The van der Waals surface area contributed by atoms with E-state index in [4.69, 9.17) is 16.3 Å². The maximum Gasteiger partial charge on any atom is 0.357 e. The van der Waals surface area contributed by atoms with Gasteiger partial charge in [-0.3, -0.25) is 4.98 Å². The predicted octanol–water partition coefficient (Wildman–Crippen LogP) is 4.13. The minimum atomic E-state index is -0.401. The Hall–Kier alpha value is -2.18. The Morgan fingerprint density at radius 2 is 2.26 bits per heavy atom. The first-order valence-corrected chi connectivity index (χ1v) is 8.26. The van der Waals surface area contributed by atoms with Gasteiger partial charge in [0.05, 0.1) is 16.6 Å². The molecule has 0 fully saturated rings. The number of rotatable bonds is 5. The largest absolute Gasteiger partial charge is 0.461 e. The lowest BCUT2D eigenvalue weighted by Crippen LogP contribution is -2.06. The van der Waals surface area contributed by atoms with Crippen LogP contribution in [0.15, 0.2) is 36.8 Å². The second-order valence-electron chi connectivity index (χ2n) is 4.77. The standard InChI is InChI=1S/C16H14ClN3O2S/c1-2-22-16(21)15-12-6-14(23-13(12)3-4-19-15)20-8-10-5-11(17)9-18-7-10/h3-7,9,20H,2,8H2,1H3. The van der Waals surface area contributed by atoms with Gasteiger partial charge < -0.3 is 10.1 Å². The Kier molecular flexibility index (Phi) is 4.73. The molecule has 3 heterocycles. The molecular formula is C16H14ClN3O2S. The van der Waals surface area contributed by atoms with Crippen molar-refractivity contribution < 1.29 is 9.53 Å². The molecule has 0 aliphatic heterocycles. The van der Waals surface area contributed by atoms with Crippen molar-refractivity contribution in [1.29, 1.82) is 0 Å². The first-order valence-electron chi connectivity index (χ1n) is 7.06. The van der Waals surface area contributed by atoms with Crippen LogP contribution in [-0.2, 0) is 11.3 Å². The van der Waals surface area contributed by atoms with Crippen LogP contribution in [0.1, 0.15) is 23.0 Å². The first-order chi connectivity index (χ1) is 11.2. The lowest BCUT2D eigenvalue weighted by molar-refractivity contribution is 0.0522. The molecule has 3 rings (SSSR count). The van der Waals surface area contributed by atoms with Gasteiger partial charge in [0, 0.05) is 35.2 Å². The number of carbonyl (C=O) groups is 1.